The second kappa shape index (κ2) is 8.72. The van der Waals surface area contributed by atoms with Gasteiger partial charge in [-0.15, -0.1) is 0 Å². The molecule has 3 heteroatoms. The van der Waals surface area contributed by atoms with Crippen LogP contribution in [0.15, 0.2) is 57.5 Å². The van der Waals surface area contributed by atoms with E-state index in [1.807, 2.05) is 0 Å². The Hall–Kier alpha value is -0.640. The van der Waals surface area contributed by atoms with Gasteiger partial charge in [-0.05, 0) is 54.8 Å². The average molecular weight is 411 g/mol. The minimum Gasteiger partial charge on any atom is -0.316 e. The number of hydrogen-bond donors (Lipinski definition) is 1. The van der Waals surface area contributed by atoms with Crippen LogP contribution in [0.3, 0.4) is 0 Å². The van der Waals surface area contributed by atoms with Crippen LogP contribution in [0.4, 0.5) is 0 Å². The molecule has 21 heavy (non-hydrogen) atoms. The Morgan fingerprint density at radius 3 is 2.05 bits per heavy atom. The van der Waals surface area contributed by atoms with Gasteiger partial charge in [0.1, 0.15) is 0 Å². The quantitative estimate of drug-likeness (QED) is 0.591. The van der Waals surface area contributed by atoms with Crippen molar-refractivity contribution < 1.29 is 0 Å². The highest BCUT2D eigenvalue weighted by Gasteiger charge is 2.12. The summed E-state index contributed by atoms with van der Waals surface area (Å²) in [6, 6.07) is 17.3. The molecule has 0 amide bonds. The summed E-state index contributed by atoms with van der Waals surface area (Å²) in [5, 5.41) is 3.56. The normalized spacial score (nSPS) is 12.3. The van der Waals surface area contributed by atoms with E-state index in [1.165, 1.54) is 17.5 Å². The van der Waals surface area contributed by atoms with Crippen molar-refractivity contribution >= 4 is 31.9 Å². The van der Waals surface area contributed by atoms with Gasteiger partial charge in [-0.1, -0.05) is 63.0 Å². The predicted octanol–water partition coefficient (Wildman–Crippen LogP) is 5.54. The molecular weight excluding hydrogens is 390 g/mol. The maximum absolute atomic E-state index is 3.56. The van der Waals surface area contributed by atoms with Gasteiger partial charge in [0, 0.05) is 21.4 Å². The number of nitrogens with one attached hydrogen (secondary N) is 1. The van der Waals surface area contributed by atoms with E-state index in [2.05, 4.69) is 92.6 Å². The van der Waals surface area contributed by atoms with Crippen LogP contribution in [0, 0.1) is 0 Å². The predicted molar refractivity (Wildman–Crippen MR) is 97.9 cm³/mol. The van der Waals surface area contributed by atoms with Crippen LogP contribution in [-0.4, -0.2) is 13.1 Å². The lowest BCUT2D eigenvalue weighted by atomic mass is 9.92. The van der Waals surface area contributed by atoms with E-state index in [9.17, 15) is 0 Å². The first kappa shape index (κ1) is 16.7. The molecule has 0 bridgehead atoms. The summed E-state index contributed by atoms with van der Waals surface area (Å²) in [6.07, 6.45) is 2.23. The van der Waals surface area contributed by atoms with E-state index in [4.69, 9.17) is 0 Å². The molecule has 0 heterocycles. The van der Waals surface area contributed by atoms with Crippen molar-refractivity contribution in [2.24, 2.45) is 0 Å². The van der Waals surface area contributed by atoms with Crippen molar-refractivity contribution in [2.45, 2.75) is 25.7 Å². The zero-order chi connectivity index (χ0) is 15.1. The van der Waals surface area contributed by atoms with Crippen LogP contribution in [0.5, 0.6) is 0 Å². The average Bonchev–Trinajstić information content (AvgIpc) is 2.49. The minimum atomic E-state index is 0.505. The van der Waals surface area contributed by atoms with Crippen molar-refractivity contribution in [3.05, 3.63) is 68.6 Å². The summed E-state index contributed by atoms with van der Waals surface area (Å²) in [7, 11) is 0. The first-order chi connectivity index (χ1) is 10.2. The maximum atomic E-state index is 3.56. The Labute approximate surface area is 144 Å². The second-order valence-corrected chi connectivity index (χ2v) is 7.11. The van der Waals surface area contributed by atoms with Crippen LogP contribution >= 0.6 is 31.9 Å². The topological polar surface area (TPSA) is 12.0 Å². The van der Waals surface area contributed by atoms with Crippen LogP contribution < -0.4 is 5.32 Å². The smallest absolute Gasteiger partial charge is 0.0175 e. The van der Waals surface area contributed by atoms with Gasteiger partial charge in [-0.25, -0.2) is 0 Å². The molecule has 0 aliphatic heterocycles. The fourth-order valence-electron chi connectivity index (χ4n) is 2.40. The molecule has 2 aromatic rings. The molecule has 2 rings (SSSR count). The standard InChI is InChI=1S/C18H21Br2N/c1-2-11-21-13-16(15-5-9-18(20)10-6-15)12-14-3-7-17(19)8-4-14/h3-10,16,21H,2,11-13H2,1H3. The molecule has 1 unspecified atom stereocenters. The number of rotatable bonds is 7. The van der Waals surface area contributed by atoms with Gasteiger partial charge in [-0.2, -0.15) is 0 Å². The molecule has 0 saturated carbocycles. The number of halogens is 2. The highest BCUT2D eigenvalue weighted by atomic mass is 79.9. The highest BCUT2D eigenvalue weighted by Crippen LogP contribution is 2.23. The Balaban J connectivity index is 2.11. The van der Waals surface area contributed by atoms with Crippen molar-refractivity contribution in [1.82, 2.24) is 5.32 Å². The molecule has 2 aromatic carbocycles. The van der Waals surface area contributed by atoms with Gasteiger partial charge >= 0.3 is 0 Å². The third kappa shape index (κ3) is 5.57. The second-order valence-electron chi connectivity index (χ2n) is 5.28. The van der Waals surface area contributed by atoms with E-state index in [1.54, 1.807) is 0 Å². The van der Waals surface area contributed by atoms with E-state index in [0.717, 1.165) is 28.5 Å². The van der Waals surface area contributed by atoms with Gasteiger partial charge in [0.05, 0.1) is 0 Å². The molecule has 0 fully saturated rings. The summed E-state index contributed by atoms with van der Waals surface area (Å²) >= 11 is 7.01. The largest absolute Gasteiger partial charge is 0.316 e. The summed E-state index contributed by atoms with van der Waals surface area (Å²) < 4.78 is 2.27. The molecule has 0 aliphatic carbocycles. The molecule has 0 aliphatic rings. The van der Waals surface area contributed by atoms with Crippen molar-refractivity contribution in [3.63, 3.8) is 0 Å². The molecule has 0 saturated heterocycles. The molecular formula is C18H21Br2N. The molecule has 112 valence electrons. The Bertz CT molecular complexity index is 534. The molecule has 0 spiro atoms. The Morgan fingerprint density at radius 2 is 1.48 bits per heavy atom. The zero-order valence-electron chi connectivity index (χ0n) is 12.3. The maximum Gasteiger partial charge on any atom is 0.0175 e. The van der Waals surface area contributed by atoms with Gasteiger partial charge in [0.15, 0.2) is 0 Å². The lowest BCUT2D eigenvalue weighted by Gasteiger charge is -2.18. The molecule has 0 aromatic heterocycles. The van der Waals surface area contributed by atoms with Crippen LogP contribution in [-0.2, 0) is 6.42 Å². The van der Waals surface area contributed by atoms with Gasteiger partial charge < -0.3 is 5.32 Å². The first-order valence-corrected chi connectivity index (χ1v) is 8.98. The molecule has 1 atom stereocenters. The van der Waals surface area contributed by atoms with Gasteiger partial charge in [0.25, 0.3) is 0 Å². The van der Waals surface area contributed by atoms with Crippen molar-refractivity contribution in [2.75, 3.05) is 13.1 Å². The molecule has 0 radical (unpaired) electrons. The fourth-order valence-corrected chi connectivity index (χ4v) is 2.93. The SMILES string of the molecule is CCCNCC(Cc1ccc(Br)cc1)c1ccc(Br)cc1. The lowest BCUT2D eigenvalue weighted by Crippen LogP contribution is -2.23. The summed E-state index contributed by atoms with van der Waals surface area (Å²) in [5.74, 6) is 0.505. The first-order valence-electron chi connectivity index (χ1n) is 7.39. The molecule has 1 nitrogen and oxygen atoms in total. The fraction of sp³-hybridized carbons (Fsp3) is 0.333. The summed E-state index contributed by atoms with van der Waals surface area (Å²) in [6.45, 7) is 4.30. The van der Waals surface area contributed by atoms with E-state index in [-0.39, 0.29) is 0 Å². The van der Waals surface area contributed by atoms with Gasteiger partial charge in [0.2, 0.25) is 0 Å². The van der Waals surface area contributed by atoms with E-state index >= 15 is 0 Å². The van der Waals surface area contributed by atoms with Crippen LogP contribution in [0.2, 0.25) is 0 Å². The van der Waals surface area contributed by atoms with Crippen molar-refractivity contribution in [3.8, 4) is 0 Å². The van der Waals surface area contributed by atoms with E-state index < -0.39 is 0 Å². The number of hydrogen-bond acceptors (Lipinski definition) is 1. The molecule has 1 N–H and O–H groups in total. The zero-order valence-corrected chi connectivity index (χ0v) is 15.5. The highest BCUT2D eigenvalue weighted by molar-refractivity contribution is 9.10. The van der Waals surface area contributed by atoms with E-state index in [0.29, 0.717) is 5.92 Å². The number of benzene rings is 2. The monoisotopic (exact) mass is 409 g/mol. The summed E-state index contributed by atoms with van der Waals surface area (Å²) in [5.41, 5.74) is 2.77. The Kier molecular flexibility index (Phi) is 6.94. The van der Waals surface area contributed by atoms with Crippen molar-refractivity contribution in [1.29, 1.82) is 0 Å². The van der Waals surface area contributed by atoms with Gasteiger partial charge in [-0.3, -0.25) is 0 Å². The summed E-state index contributed by atoms with van der Waals surface area (Å²) in [4.78, 5) is 0. The third-order valence-corrected chi connectivity index (χ3v) is 4.61. The Morgan fingerprint density at radius 1 is 0.905 bits per heavy atom. The third-order valence-electron chi connectivity index (χ3n) is 3.55. The lowest BCUT2D eigenvalue weighted by molar-refractivity contribution is 0.576. The minimum absolute atomic E-state index is 0.505. The van der Waals surface area contributed by atoms with Crippen LogP contribution in [0.1, 0.15) is 30.4 Å². The van der Waals surface area contributed by atoms with Crippen LogP contribution in [0.25, 0.3) is 0 Å².